The second-order valence-corrected chi connectivity index (χ2v) is 5.39. The third-order valence-electron chi connectivity index (χ3n) is 3.16. The molecule has 7 heteroatoms. The Hall–Kier alpha value is -1.92. The summed E-state index contributed by atoms with van der Waals surface area (Å²) in [4.78, 5) is 0. The average Bonchev–Trinajstić information content (AvgIpc) is 2.42. The number of hydrogen-bond acceptors (Lipinski definition) is 3. The highest BCUT2D eigenvalue weighted by Crippen LogP contribution is 2.39. The number of nitrogens with one attached hydrogen (secondary N) is 1. The van der Waals surface area contributed by atoms with Gasteiger partial charge in [-0.25, -0.2) is 0 Å². The number of anilines is 2. The highest BCUT2D eigenvalue weighted by atomic mass is 35.5. The van der Waals surface area contributed by atoms with E-state index in [0.29, 0.717) is 5.56 Å². The quantitative estimate of drug-likeness (QED) is 0.583. The molecule has 0 bridgehead atoms. The van der Waals surface area contributed by atoms with Gasteiger partial charge in [0.1, 0.15) is 0 Å². The van der Waals surface area contributed by atoms with Crippen LogP contribution in [0.4, 0.5) is 24.5 Å². The average molecular weight is 331 g/mol. The number of nitrogen functional groups attached to an aromatic ring is 1. The van der Waals surface area contributed by atoms with Gasteiger partial charge in [-0.3, -0.25) is 0 Å². The fraction of sp³-hybridized carbons (Fsp3) is 0.200. The molecule has 0 radical (unpaired) electrons. The number of alkyl halides is 3. The van der Waals surface area contributed by atoms with Crippen molar-refractivity contribution in [1.82, 2.24) is 0 Å². The third kappa shape index (κ3) is 3.45. The van der Waals surface area contributed by atoms with Gasteiger partial charge in [0, 0.05) is 5.56 Å². The molecule has 0 aliphatic heterocycles. The highest BCUT2D eigenvalue weighted by Gasteiger charge is 2.34. The zero-order valence-corrected chi connectivity index (χ0v) is 12.3. The van der Waals surface area contributed by atoms with Crippen LogP contribution in [0, 0.1) is 0 Å². The fourth-order valence-electron chi connectivity index (χ4n) is 2.01. The standard InChI is InChI=1S/C15H14ClF3N2O/c1-14(22,9-5-3-2-4-6-9)21-13-8-11(16)10(7-12(13)20)15(17,18)19/h2-8,21-22H,20H2,1H3. The zero-order chi connectivity index (χ0) is 16.5. The van der Waals surface area contributed by atoms with E-state index in [-0.39, 0.29) is 11.4 Å². The Morgan fingerprint density at radius 1 is 1.14 bits per heavy atom. The van der Waals surface area contributed by atoms with E-state index in [4.69, 9.17) is 17.3 Å². The molecule has 1 atom stereocenters. The molecule has 4 N–H and O–H groups in total. The van der Waals surface area contributed by atoms with Gasteiger partial charge in [-0.05, 0) is 19.1 Å². The summed E-state index contributed by atoms with van der Waals surface area (Å²) in [6.07, 6.45) is -4.59. The predicted molar refractivity (Wildman–Crippen MR) is 80.5 cm³/mol. The molecular formula is C15H14ClF3N2O. The Morgan fingerprint density at radius 2 is 1.73 bits per heavy atom. The smallest absolute Gasteiger partial charge is 0.397 e. The molecule has 2 rings (SSSR count). The highest BCUT2D eigenvalue weighted by molar-refractivity contribution is 6.32. The van der Waals surface area contributed by atoms with Crippen LogP contribution < -0.4 is 11.1 Å². The van der Waals surface area contributed by atoms with Gasteiger partial charge in [-0.1, -0.05) is 41.9 Å². The topological polar surface area (TPSA) is 58.3 Å². The van der Waals surface area contributed by atoms with Crippen molar-refractivity contribution in [2.45, 2.75) is 18.8 Å². The van der Waals surface area contributed by atoms with Crippen molar-refractivity contribution >= 4 is 23.0 Å². The molecule has 0 fully saturated rings. The minimum Gasteiger partial charge on any atom is -0.397 e. The Morgan fingerprint density at radius 3 is 2.27 bits per heavy atom. The number of rotatable bonds is 3. The third-order valence-corrected chi connectivity index (χ3v) is 3.47. The van der Waals surface area contributed by atoms with Gasteiger partial charge in [0.05, 0.1) is 22.0 Å². The van der Waals surface area contributed by atoms with E-state index in [1.165, 1.54) is 6.92 Å². The summed E-state index contributed by atoms with van der Waals surface area (Å²) >= 11 is 5.66. The molecule has 0 heterocycles. The van der Waals surface area contributed by atoms with Crippen molar-refractivity contribution in [3.8, 4) is 0 Å². The Bertz CT molecular complexity index is 672. The van der Waals surface area contributed by atoms with Gasteiger partial charge >= 0.3 is 6.18 Å². The van der Waals surface area contributed by atoms with Crippen molar-refractivity contribution in [2.75, 3.05) is 11.1 Å². The first-order chi connectivity index (χ1) is 10.1. The molecule has 0 amide bonds. The minimum absolute atomic E-state index is 0.117. The van der Waals surface area contributed by atoms with E-state index in [1.807, 2.05) is 0 Å². The first kappa shape index (κ1) is 16.5. The van der Waals surface area contributed by atoms with E-state index in [0.717, 1.165) is 12.1 Å². The molecule has 2 aromatic rings. The maximum atomic E-state index is 12.8. The van der Waals surface area contributed by atoms with Crippen LogP contribution >= 0.6 is 11.6 Å². The molecule has 0 spiro atoms. The second kappa shape index (κ2) is 5.70. The van der Waals surface area contributed by atoms with Crippen LogP contribution in [-0.4, -0.2) is 5.11 Å². The van der Waals surface area contributed by atoms with Crippen LogP contribution in [0.1, 0.15) is 18.1 Å². The van der Waals surface area contributed by atoms with Crippen LogP contribution in [-0.2, 0) is 11.9 Å². The molecule has 0 saturated heterocycles. The molecule has 0 aliphatic rings. The number of hydrogen-bond donors (Lipinski definition) is 3. The van der Waals surface area contributed by atoms with E-state index < -0.39 is 22.5 Å². The number of nitrogens with two attached hydrogens (primary N) is 1. The molecule has 2 aromatic carbocycles. The van der Waals surface area contributed by atoms with Crippen LogP contribution in [0.25, 0.3) is 0 Å². The summed E-state index contributed by atoms with van der Waals surface area (Å²) in [6.45, 7) is 1.47. The van der Waals surface area contributed by atoms with Crippen molar-refractivity contribution in [3.63, 3.8) is 0 Å². The largest absolute Gasteiger partial charge is 0.417 e. The molecule has 1 unspecified atom stereocenters. The lowest BCUT2D eigenvalue weighted by Crippen LogP contribution is -2.31. The molecule has 0 aliphatic carbocycles. The lowest BCUT2D eigenvalue weighted by atomic mass is 10.0. The van der Waals surface area contributed by atoms with Gasteiger partial charge in [0.25, 0.3) is 0 Å². The Labute approximate surface area is 130 Å². The van der Waals surface area contributed by atoms with Crippen molar-refractivity contribution in [3.05, 3.63) is 58.6 Å². The summed E-state index contributed by atoms with van der Waals surface area (Å²) in [5.41, 5.74) is 3.60. The first-order valence-corrected chi connectivity index (χ1v) is 6.71. The van der Waals surface area contributed by atoms with Gasteiger partial charge in [-0.15, -0.1) is 0 Å². The Balaban J connectivity index is 2.37. The summed E-state index contributed by atoms with van der Waals surface area (Å²) in [6, 6.07) is 10.4. The van der Waals surface area contributed by atoms with Gasteiger partial charge in [0.15, 0.2) is 5.72 Å². The predicted octanol–water partition coefficient (Wildman–Crippen LogP) is 4.22. The second-order valence-electron chi connectivity index (χ2n) is 4.98. The van der Waals surface area contributed by atoms with Crippen LogP contribution in [0.3, 0.4) is 0 Å². The van der Waals surface area contributed by atoms with E-state index >= 15 is 0 Å². The molecule has 0 aromatic heterocycles. The van der Waals surface area contributed by atoms with Gasteiger partial charge < -0.3 is 16.2 Å². The minimum atomic E-state index is -4.59. The fourth-order valence-corrected chi connectivity index (χ4v) is 2.28. The summed E-state index contributed by atoms with van der Waals surface area (Å²) < 4.78 is 38.3. The maximum absolute atomic E-state index is 12.8. The van der Waals surface area contributed by atoms with Gasteiger partial charge in [-0.2, -0.15) is 13.2 Å². The number of aliphatic hydroxyl groups is 1. The zero-order valence-electron chi connectivity index (χ0n) is 11.6. The first-order valence-electron chi connectivity index (χ1n) is 6.33. The van der Waals surface area contributed by atoms with Gasteiger partial charge in [0.2, 0.25) is 0 Å². The molecular weight excluding hydrogens is 317 g/mol. The number of halogens is 4. The van der Waals surface area contributed by atoms with Crippen molar-refractivity contribution in [2.24, 2.45) is 0 Å². The SMILES string of the molecule is CC(O)(Nc1cc(Cl)c(C(F)(F)F)cc1N)c1ccccc1. The Kier molecular flexibility index (Phi) is 4.26. The summed E-state index contributed by atoms with van der Waals surface area (Å²) in [5, 5.41) is 12.7. The van der Waals surface area contributed by atoms with Crippen LogP contribution in [0.2, 0.25) is 5.02 Å². The molecule has 0 saturated carbocycles. The normalized spacial score (nSPS) is 14.5. The van der Waals surface area contributed by atoms with Crippen molar-refractivity contribution < 1.29 is 18.3 Å². The summed E-state index contributed by atoms with van der Waals surface area (Å²) in [7, 11) is 0. The monoisotopic (exact) mass is 330 g/mol. The molecule has 22 heavy (non-hydrogen) atoms. The number of benzene rings is 2. The van der Waals surface area contributed by atoms with Crippen LogP contribution in [0.5, 0.6) is 0 Å². The van der Waals surface area contributed by atoms with E-state index in [9.17, 15) is 18.3 Å². The molecule has 3 nitrogen and oxygen atoms in total. The lowest BCUT2D eigenvalue weighted by Gasteiger charge is -2.27. The molecule has 118 valence electrons. The van der Waals surface area contributed by atoms with Crippen LogP contribution in [0.15, 0.2) is 42.5 Å². The van der Waals surface area contributed by atoms with Crippen molar-refractivity contribution in [1.29, 1.82) is 0 Å². The maximum Gasteiger partial charge on any atom is 0.417 e. The lowest BCUT2D eigenvalue weighted by molar-refractivity contribution is -0.137. The van der Waals surface area contributed by atoms with E-state index in [2.05, 4.69) is 5.32 Å². The summed E-state index contributed by atoms with van der Waals surface area (Å²) in [5.74, 6) is 0. The van der Waals surface area contributed by atoms with E-state index in [1.54, 1.807) is 30.3 Å².